The van der Waals surface area contributed by atoms with Gasteiger partial charge in [-0.2, -0.15) is 5.26 Å². The topological polar surface area (TPSA) is 44.1 Å². The van der Waals surface area contributed by atoms with E-state index in [0.717, 1.165) is 36.8 Å². The molecule has 0 heterocycles. The maximum absolute atomic E-state index is 14.3. The van der Waals surface area contributed by atoms with Crippen molar-refractivity contribution in [3.05, 3.63) is 100 Å². The van der Waals surface area contributed by atoms with Crippen LogP contribution in [0, 0.1) is 23.1 Å². The number of carbonyl (C=O) groups is 1. The van der Waals surface area contributed by atoms with Gasteiger partial charge in [0, 0.05) is 28.6 Å². The first-order valence-corrected chi connectivity index (χ1v) is 12.2. The lowest BCUT2D eigenvalue weighted by molar-refractivity contribution is -0.122. The first kappa shape index (κ1) is 24.0. The van der Waals surface area contributed by atoms with Gasteiger partial charge in [0.2, 0.25) is 5.91 Å². The maximum atomic E-state index is 14.3. The van der Waals surface area contributed by atoms with Crippen molar-refractivity contribution in [3.63, 3.8) is 0 Å². The summed E-state index contributed by atoms with van der Waals surface area (Å²) in [6, 6.07) is 23.5. The molecule has 2 unspecified atom stereocenters. The maximum Gasteiger partial charge on any atom is 0.230 e. The molecule has 34 heavy (non-hydrogen) atoms. The molecule has 4 rings (SSSR count). The van der Waals surface area contributed by atoms with E-state index < -0.39 is 0 Å². The third-order valence-corrected chi connectivity index (χ3v) is 7.08. The molecule has 0 radical (unpaired) electrons. The van der Waals surface area contributed by atoms with Gasteiger partial charge in [0.1, 0.15) is 5.82 Å². The SMILES string of the molecule is CC(C(Cc1ccc(Cl)cc1)c1cccc(C#N)c1)N(C(=O)C1CCCC1)c1cccc(F)c1. The number of nitrogens with zero attached hydrogens (tertiary/aromatic N) is 2. The van der Waals surface area contributed by atoms with Crippen molar-refractivity contribution < 1.29 is 9.18 Å². The molecule has 0 saturated heterocycles. The number of hydrogen-bond donors (Lipinski definition) is 0. The molecule has 0 spiro atoms. The predicted octanol–water partition coefficient (Wildman–Crippen LogP) is 7.29. The molecular formula is C29H28ClFN2O. The van der Waals surface area contributed by atoms with Gasteiger partial charge in [-0.3, -0.25) is 4.79 Å². The van der Waals surface area contributed by atoms with Gasteiger partial charge in [0.05, 0.1) is 11.6 Å². The van der Waals surface area contributed by atoms with E-state index in [4.69, 9.17) is 11.6 Å². The van der Waals surface area contributed by atoms with Gasteiger partial charge >= 0.3 is 0 Å². The zero-order chi connectivity index (χ0) is 24.1. The number of carbonyl (C=O) groups excluding carboxylic acids is 1. The van der Waals surface area contributed by atoms with Crippen molar-refractivity contribution in [2.75, 3.05) is 4.90 Å². The van der Waals surface area contributed by atoms with Crippen molar-refractivity contribution in [1.82, 2.24) is 0 Å². The Kier molecular flexibility index (Phi) is 7.65. The molecule has 2 atom stereocenters. The fraction of sp³-hybridized carbons (Fsp3) is 0.310. The largest absolute Gasteiger partial charge is 0.309 e. The van der Waals surface area contributed by atoms with E-state index in [1.54, 1.807) is 23.1 Å². The van der Waals surface area contributed by atoms with Crippen LogP contribution in [0.3, 0.4) is 0 Å². The van der Waals surface area contributed by atoms with Gasteiger partial charge in [0.15, 0.2) is 0 Å². The normalized spacial score (nSPS) is 15.5. The Morgan fingerprint density at radius 1 is 1.09 bits per heavy atom. The molecule has 174 valence electrons. The summed E-state index contributed by atoms with van der Waals surface area (Å²) in [6.45, 7) is 2.03. The number of hydrogen-bond acceptors (Lipinski definition) is 2. The van der Waals surface area contributed by atoms with Crippen LogP contribution in [0.5, 0.6) is 0 Å². The van der Waals surface area contributed by atoms with Crippen LogP contribution < -0.4 is 4.90 Å². The average Bonchev–Trinajstić information content (AvgIpc) is 3.39. The molecule has 5 heteroatoms. The average molecular weight is 475 g/mol. The minimum absolute atomic E-state index is 0.0488. The third-order valence-electron chi connectivity index (χ3n) is 6.83. The second kappa shape index (κ2) is 10.8. The van der Waals surface area contributed by atoms with Crippen LogP contribution in [-0.2, 0) is 11.2 Å². The van der Waals surface area contributed by atoms with E-state index >= 15 is 0 Å². The van der Waals surface area contributed by atoms with E-state index in [-0.39, 0.29) is 29.6 Å². The van der Waals surface area contributed by atoms with Crippen LogP contribution in [0.1, 0.15) is 55.2 Å². The zero-order valence-electron chi connectivity index (χ0n) is 19.3. The van der Waals surface area contributed by atoms with Gasteiger partial charge in [-0.15, -0.1) is 0 Å². The van der Waals surface area contributed by atoms with Gasteiger partial charge < -0.3 is 4.90 Å². The summed E-state index contributed by atoms with van der Waals surface area (Å²) in [5.74, 6) is -0.474. The predicted molar refractivity (Wildman–Crippen MR) is 134 cm³/mol. The fourth-order valence-electron chi connectivity index (χ4n) is 5.02. The molecule has 3 aromatic rings. The molecule has 3 nitrogen and oxygen atoms in total. The van der Waals surface area contributed by atoms with Crippen molar-refractivity contribution in [2.45, 2.75) is 51.0 Å². The fourth-order valence-corrected chi connectivity index (χ4v) is 5.14. The number of halogens is 2. The Bertz CT molecular complexity index is 1180. The van der Waals surface area contributed by atoms with E-state index in [9.17, 15) is 14.4 Å². The highest BCUT2D eigenvalue weighted by Gasteiger charge is 2.35. The number of benzene rings is 3. The highest BCUT2D eigenvalue weighted by atomic mass is 35.5. The Morgan fingerprint density at radius 2 is 1.79 bits per heavy atom. The minimum Gasteiger partial charge on any atom is -0.309 e. The minimum atomic E-state index is -0.366. The number of amides is 1. The van der Waals surface area contributed by atoms with Crippen LogP contribution in [0.2, 0.25) is 5.02 Å². The number of rotatable bonds is 7. The van der Waals surface area contributed by atoms with E-state index in [0.29, 0.717) is 22.7 Å². The second-order valence-corrected chi connectivity index (χ2v) is 9.52. The van der Waals surface area contributed by atoms with Gasteiger partial charge in [0.25, 0.3) is 0 Å². The van der Waals surface area contributed by atoms with Gasteiger partial charge in [-0.05, 0) is 79.8 Å². The summed E-state index contributed by atoms with van der Waals surface area (Å²) in [7, 11) is 0. The van der Waals surface area contributed by atoms with E-state index in [1.165, 1.54) is 12.1 Å². The molecular weight excluding hydrogens is 447 g/mol. The van der Waals surface area contributed by atoms with Crippen molar-refractivity contribution in [3.8, 4) is 6.07 Å². The van der Waals surface area contributed by atoms with Gasteiger partial charge in [-0.25, -0.2) is 4.39 Å². The molecule has 1 aliphatic rings. The highest BCUT2D eigenvalue weighted by molar-refractivity contribution is 6.30. The summed E-state index contributed by atoms with van der Waals surface area (Å²) in [5.41, 5.74) is 3.20. The Morgan fingerprint density at radius 3 is 2.47 bits per heavy atom. The van der Waals surface area contributed by atoms with E-state index in [1.807, 2.05) is 49.4 Å². The molecule has 0 aromatic heterocycles. The number of nitriles is 1. The van der Waals surface area contributed by atoms with Crippen LogP contribution >= 0.6 is 11.6 Å². The van der Waals surface area contributed by atoms with Crippen molar-refractivity contribution >= 4 is 23.2 Å². The van der Waals surface area contributed by atoms with Crippen LogP contribution in [0.25, 0.3) is 0 Å². The molecule has 0 N–H and O–H groups in total. The smallest absolute Gasteiger partial charge is 0.230 e. The first-order valence-electron chi connectivity index (χ1n) is 11.8. The summed E-state index contributed by atoms with van der Waals surface area (Å²) in [5, 5.41) is 10.1. The number of anilines is 1. The quantitative estimate of drug-likeness (QED) is 0.361. The molecule has 1 amide bonds. The molecule has 0 aliphatic heterocycles. The lowest BCUT2D eigenvalue weighted by atomic mass is 9.84. The lowest BCUT2D eigenvalue weighted by Gasteiger charge is -2.37. The van der Waals surface area contributed by atoms with Crippen LogP contribution in [0.4, 0.5) is 10.1 Å². The van der Waals surface area contributed by atoms with Gasteiger partial charge in [-0.1, -0.05) is 54.8 Å². The molecule has 1 saturated carbocycles. The summed E-state index contributed by atoms with van der Waals surface area (Å²) in [4.78, 5) is 15.6. The molecule has 1 aliphatic carbocycles. The monoisotopic (exact) mass is 474 g/mol. The molecule has 0 bridgehead atoms. The van der Waals surface area contributed by atoms with Crippen LogP contribution in [-0.4, -0.2) is 11.9 Å². The zero-order valence-corrected chi connectivity index (χ0v) is 20.0. The Labute approximate surface area is 205 Å². The lowest BCUT2D eigenvalue weighted by Crippen LogP contribution is -2.45. The van der Waals surface area contributed by atoms with Crippen LogP contribution in [0.15, 0.2) is 72.8 Å². The second-order valence-electron chi connectivity index (χ2n) is 9.08. The summed E-state index contributed by atoms with van der Waals surface area (Å²) < 4.78 is 14.3. The van der Waals surface area contributed by atoms with Crippen molar-refractivity contribution in [2.24, 2.45) is 5.92 Å². The van der Waals surface area contributed by atoms with Crippen molar-refractivity contribution in [1.29, 1.82) is 5.26 Å². The summed E-state index contributed by atoms with van der Waals surface area (Å²) in [6.07, 6.45) is 4.46. The Hall–Kier alpha value is -3.16. The molecule has 1 fully saturated rings. The third kappa shape index (κ3) is 5.48. The highest BCUT2D eigenvalue weighted by Crippen LogP contribution is 2.35. The summed E-state index contributed by atoms with van der Waals surface area (Å²) >= 11 is 6.10. The first-order chi connectivity index (χ1) is 16.5. The Balaban J connectivity index is 1.77. The molecule has 3 aromatic carbocycles. The standard InChI is InChI=1S/C29H28ClFN2O/c1-20(33(27-11-5-10-26(31)18-27)29(34)23-7-2-3-8-23)28(17-21-12-14-25(30)15-13-21)24-9-4-6-22(16-24)19-32/h4-6,9-16,18,20,23,28H,2-3,7-8,17H2,1H3. The van der Waals surface area contributed by atoms with E-state index in [2.05, 4.69) is 6.07 Å².